The Hall–Kier alpha value is -0.280. The normalized spacial score (nSPS) is 17.9. The topological polar surface area (TPSA) is 37.4 Å². The lowest BCUT2D eigenvalue weighted by molar-refractivity contribution is -0.135. The maximum absolute atomic E-state index is 11.0. The minimum absolute atomic E-state index is 0.0164. The molecule has 0 saturated carbocycles. The number of likely N-dealkylation sites (tertiary alicyclic amines) is 1. The third-order valence-electron chi connectivity index (χ3n) is 2.13. The molecule has 0 radical (unpaired) electrons. The first-order valence-electron chi connectivity index (χ1n) is 5.44. The lowest BCUT2D eigenvalue weighted by Crippen LogP contribution is -2.37. The smallest absolute Gasteiger partial charge is 0.220 e. The SMILES string of the molecule is CC.CC(=O)C1CCCN1C(C)=O.ClCCl. The van der Waals surface area contributed by atoms with Crippen LogP contribution in [0.4, 0.5) is 0 Å². The van der Waals surface area contributed by atoms with Gasteiger partial charge >= 0.3 is 0 Å². The second-order valence-corrected chi connectivity index (χ2v) is 3.89. The Labute approximate surface area is 108 Å². The molecule has 0 spiro atoms. The first-order valence-corrected chi connectivity index (χ1v) is 6.51. The van der Waals surface area contributed by atoms with Crippen molar-refractivity contribution < 1.29 is 9.59 Å². The van der Waals surface area contributed by atoms with Crippen molar-refractivity contribution in [1.82, 2.24) is 4.90 Å². The molecule has 0 aromatic rings. The van der Waals surface area contributed by atoms with E-state index < -0.39 is 0 Å². The summed E-state index contributed by atoms with van der Waals surface area (Å²) in [6.45, 7) is 7.81. The van der Waals surface area contributed by atoms with Gasteiger partial charge in [-0.05, 0) is 19.8 Å². The number of alkyl halides is 2. The molecule has 3 nitrogen and oxygen atoms in total. The zero-order chi connectivity index (χ0) is 13.1. The molecule has 1 rings (SSSR count). The van der Waals surface area contributed by atoms with Crippen molar-refractivity contribution in [3.63, 3.8) is 0 Å². The number of ketones is 1. The van der Waals surface area contributed by atoms with Gasteiger partial charge in [0.1, 0.15) is 0 Å². The summed E-state index contributed by atoms with van der Waals surface area (Å²) in [5.41, 5.74) is 0. The Kier molecular flexibility index (Phi) is 12.7. The fraction of sp³-hybridized carbons (Fsp3) is 0.818. The second kappa shape index (κ2) is 11.2. The molecular weight excluding hydrogens is 249 g/mol. The third-order valence-corrected chi connectivity index (χ3v) is 2.13. The molecule has 1 unspecified atom stereocenters. The van der Waals surface area contributed by atoms with Crippen molar-refractivity contribution in [1.29, 1.82) is 0 Å². The van der Waals surface area contributed by atoms with Gasteiger partial charge in [-0.2, -0.15) is 0 Å². The Bertz CT molecular complexity index is 190. The average Bonchev–Trinajstić information content (AvgIpc) is 2.70. The minimum Gasteiger partial charge on any atom is -0.333 e. The molecule has 16 heavy (non-hydrogen) atoms. The molecule has 1 saturated heterocycles. The summed E-state index contributed by atoms with van der Waals surface area (Å²) in [7, 11) is 0. The van der Waals surface area contributed by atoms with Gasteiger partial charge in [0, 0.05) is 13.5 Å². The summed E-state index contributed by atoms with van der Waals surface area (Å²) in [5, 5.41) is 0.194. The molecule has 0 bridgehead atoms. The molecule has 0 aromatic heterocycles. The number of amides is 1. The predicted octanol–water partition coefficient (Wildman–Crippen LogP) is 3.03. The quantitative estimate of drug-likeness (QED) is 0.687. The van der Waals surface area contributed by atoms with Crippen molar-refractivity contribution in [2.45, 2.75) is 46.6 Å². The van der Waals surface area contributed by atoms with E-state index in [1.165, 1.54) is 6.92 Å². The monoisotopic (exact) mass is 269 g/mol. The third kappa shape index (κ3) is 7.07. The highest BCUT2D eigenvalue weighted by molar-refractivity contribution is 6.40. The Morgan fingerprint density at radius 1 is 1.25 bits per heavy atom. The number of halogens is 2. The molecule has 5 heteroatoms. The van der Waals surface area contributed by atoms with E-state index in [0.29, 0.717) is 0 Å². The highest BCUT2D eigenvalue weighted by Crippen LogP contribution is 2.17. The van der Waals surface area contributed by atoms with E-state index in [2.05, 4.69) is 0 Å². The van der Waals surface area contributed by atoms with Crippen molar-refractivity contribution in [3.8, 4) is 0 Å². The molecule has 0 aliphatic carbocycles. The first-order chi connectivity index (χ1) is 7.54. The summed E-state index contributed by atoms with van der Waals surface area (Å²) in [4.78, 5) is 23.6. The number of nitrogens with zero attached hydrogens (tertiary/aromatic N) is 1. The maximum atomic E-state index is 11.0. The van der Waals surface area contributed by atoms with E-state index in [0.717, 1.165) is 19.4 Å². The van der Waals surface area contributed by atoms with Crippen LogP contribution in [0.25, 0.3) is 0 Å². The Morgan fingerprint density at radius 3 is 1.94 bits per heavy atom. The number of hydrogen-bond acceptors (Lipinski definition) is 2. The van der Waals surface area contributed by atoms with Gasteiger partial charge in [0.25, 0.3) is 0 Å². The van der Waals surface area contributed by atoms with Gasteiger partial charge < -0.3 is 4.90 Å². The van der Waals surface area contributed by atoms with Gasteiger partial charge in [-0.15, -0.1) is 23.2 Å². The molecule has 1 fully saturated rings. The highest BCUT2D eigenvalue weighted by Gasteiger charge is 2.29. The molecule has 1 aliphatic rings. The van der Waals surface area contributed by atoms with Gasteiger partial charge in [-0.25, -0.2) is 0 Å². The molecule has 1 heterocycles. The van der Waals surface area contributed by atoms with Crippen LogP contribution in [0.3, 0.4) is 0 Å². The number of carbonyl (C=O) groups excluding carboxylic acids is 2. The summed E-state index contributed by atoms with van der Waals surface area (Å²) in [6, 6.07) is -0.132. The maximum Gasteiger partial charge on any atom is 0.220 e. The predicted molar refractivity (Wildman–Crippen MR) is 69.0 cm³/mol. The molecule has 1 atom stereocenters. The minimum atomic E-state index is -0.132. The second-order valence-electron chi connectivity index (χ2n) is 3.08. The average molecular weight is 270 g/mol. The zero-order valence-corrected chi connectivity index (χ0v) is 11.9. The lowest BCUT2D eigenvalue weighted by atomic mass is 10.1. The van der Waals surface area contributed by atoms with Crippen LogP contribution in [-0.4, -0.2) is 34.5 Å². The molecule has 1 aliphatic heterocycles. The fourth-order valence-corrected chi connectivity index (χ4v) is 1.57. The van der Waals surface area contributed by atoms with Crippen molar-refractivity contribution in [2.75, 3.05) is 11.9 Å². The number of rotatable bonds is 1. The number of Topliss-reactive ketones (excluding diaryl/α,β-unsaturated/α-hetero) is 1. The van der Waals surface area contributed by atoms with Crippen LogP contribution in [0, 0.1) is 0 Å². The van der Waals surface area contributed by atoms with Gasteiger partial charge in [-0.1, -0.05) is 13.8 Å². The largest absolute Gasteiger partial charge is 0.333 e. The standard InChI is InChI=1S/C8H13NO2.C2H6.CH2Cl2/c1-6(10)8-4-3-5-9(8)7(2)11;1-2;2-1-3/h8H,3-5H2,1-2H3;1-2H3;1H2. The van der Waals surface area contributed by atoms with Crippen LogP contribution in [0.1, 0.15) is 40.5 Å². The first kappa shape index (κ1) is 18.1. The van der Waals surface area contributed by atoms with Gasteiger partial charge in [0.05, 0.1) is 11.4 Å². The fourth-order valence-electron chi connectivity index (χ4n) is 1.57. The van der Waals surface area contributed by atoms with Crippen LogP contribution >= 0.6 is 23.2 Å². The molecule has 96 valence electrons. The zero-order valence-electron chi connectivity index (χ0n) is 10.4. The van der Waals surface area contributed by atoms with Gasteiger partial charge in [-0.3, -0.25) is 9.59 Å². The molecule has 0 N–H and O–H groups in total. The van der Waals surface area contributed by atoms with E-state index in [9.17, 15) is 9.59 Å². The molecule has 0 aromatic carbocycles. The van der Waals surface area contributed by atoms with Crippen LogP contribution in [0.2, 0.25) is 0 Å². The van der Waals surface area contributed by atoms with Crippen LogP contribution < -0.4 is 0 Å². The van der Waals surface area contributed by atoms with E-state index in [-0.39, 0.29) is 23.1 Å². The highest BCUT2D eigenvalue weighted by atomic mass is 35.5. The number of hydrogen-bond donors (Lipinski definition) is 0. The van der Waals surface area contributed by atoms with E-state index in [4.69, 9.17) is 23.2 Å². The number of carbonyl (C=O) groups is 2. The van der Waals surface area contributed by atoms with Gasteiger partial charge in [0.2, 0.25) is 5.91 Å². The summed E-state index contributed by atoms with van der Waals surface area (Å²) in [6.07, 6.45) is 1.80. The summed E-state index contributed by atoms with van der Waals surface area (Å²) in [5.74, 6) is 0.125. The van der Waals surface area contributed by atoms with E-state index >= 15 is 0 Å². The van der Waals surface area contributed by atoms with E-state index in [1.54, 1.807) is 11.8 Å². The lowest BCUT2D eigenvalue weighted by Gasteiger charge is -2.20. The molecular formula is C11H21Cl2NO2. The Morgan fingerprint density at radius 2 is 1.69 bits per heavy atom. The van der Waals surface area contributed by atoms with Gasteiger partial charge in [0.15, 0.2) is 5.78 Å². The summed E-state index contributed by atoms with van der Waals surface area (Å²) < 4.78 is 0. The van der Waals surface area contributed by atoms with Crippen LogP contribution in [0.5, 0.6) is 0 Å². The van der Waals surface area contributed by atoms with Crippen molar-refractivity contribution >= 4 is 34.9 Å². The van der Waals surface area contributed by atoms with Crippen molar-refractivity contribution in [2.24, 2.45) is 0 Å². The molecule has 1 amide bonds. The van der Waals surface area contributed by atoms with Crippen LogP contribution in [-0.2, 0) is 9.59 Å². The van der Waals surface area contributed by atoms with Crippen molar-refractivity contribution in [3.05, 3.63) is 0 Å². The van der Waals surface area contributed by atoms with E-state index in [1.807, 2.05) is 13.8 Å². The Balaban J connectivity index is 0. The van der Waals surface area contributed by atoms with Crippen LogP contribution in [0.15, 0.2) is 0 Å². The summed E-state index contributed by atoms with van der Waals surface area (Å²) >= 11 is 9.53.